The summed E-state index contributed by atoms with van der Waals surface area (Å²) in [6, 6.07) is 3.60. The number of nitrogens with zero attached hydrogens (tertiary/aromatic N) is 2. The summed E-state index contributed by atoms with van der Waals surface area (Å²) in [5, 5.41) is 12.1. The lowest BCUT2D eigenvalue weighted by Crippen LogP contribution is -2.35. The Hall–Kier alpha value is -1.62. The molecule has 5 heteroatoms. The molecule has 0 saturated heterocycles. The SMILES string of the molecule is CCNC(=O)CN(C)c1ccc(C(C)O)cn1. The van der Waals surface area contributed by atoms with Crippen LogP contribution in [0.4, 0.5) is 5.82 Å². The smallest absolute Gasteiger partial charge is 0.239 e. The Labute approximate surface area is 101 Å². The van der Waals surface area contributed by atoms with Gasteiger partial charge in [-0.05, 0) is 25.5 Å². The molecule has 0 aliphatic rings. The van der Waals surface area contributed by atoms with E-state index in [-0.39, 0.29) is 12.5 Å². The second kappa shape index (κ2) is 6.20. The molecule has 94 valence electrons. The third kappa shape index (κ3) is 4.03. The molecule has 1 amide bonds. The fourth-order valence-corrected chi connectivity index (χ4v) is 1.42. The van der Waals surface area contributed by atoms with Crippen molar-refractivity contribution in [3.8, 4) is 0 Å². The molecule has 1 heterocycles. The molecule has 0 radical (unpaired) electrons. The fraction of sp³-hybridized carbons (Fsp3) is 0.500. The fourth-order valence-electron chi connectivity index (χ4n) is 1.42. The second-order valence-electron chi connectivity index (χ2n) is 3.94. The summed E-state index contributed by atoms with van der Waals surface area (Å²) in [6.07, 6.45) is 1.10. The third-order valence-corrected chi connectivity index (χ3v) is 2.40. The molecule has 1 aromatic rings. The number of anilines is 1. The van der Waals surface area contributed by atoms with Crippen molar-refractivity contribution in [3.05, 3.63) is 23.9 Å². The first-order valence-electron chi connectivity index (χ1n) is 5.66. The van der Waals surface area contributed by atoms with E-state index in [2.05, 4.69) is 10.3 Å². The van der Waals surface area contributed by atoms with Gasteiger partial charge in [-0.2, -0.15) is 0 Å². The van der Waals surface area contributed by atoms with Crippen molar-refractivity contribution in [1.82, 2.24) is 10.3 Å². The zero-order valence-electron chi connectivity index (χ0n) is 10.5. The van der Waals surface area contributed by atoms with E-state index >= 15 is 0 Å². The highest BCUT2D eigenvalue weighted by Gasteiger charge is 2.08. The van der Waals surface area contributed by atoms with Crippen molar-refractivity contribution >= 4 is 11.7 Å². The molecule has 0 spiro atoms. The molecule has 0 saturated carbocycles. The van der Waals surface area contributed by atoms with Crippen LogP contribution in [-0.4, -0.2) is 36.1 Å². The van der Waals surface area contributed by atoms with Crippen molar-refractivity contribution in [2.24, 2.45) is 0 Å². The van der Waals surface area contributed by atoms with Gasteiger partial charge in [0.1, 0.15) is 5.82 Å². The van der Waals surface area contributed by atoms with Gasteiger partial charge in [-0.3, -0.25) is 4.79 Å². The lowest BCUT2D eigenvalue weighted by molar-refractivity contribution is -0.119. The highest BCUT2D eigenvalue weighted by Crippen LogP contribution is 2.14. The largest absolute Gasteiger partial charge is 0.389 e. The van der Waals surface area contributed by atoms with Crippen LogP contribution in [0.15, 0.2) is 18.3 Å². The maximum absolute atomic E-state index is 11.4. The quantitative estimate of drug-likeness (QED) is 0.791. The predicted molar refractivity (Wildman–Crippen MR) is 66.8 cm³/mol. The van der Waals surface area contributed by atoms with E-state index < -0.39 is 6.10 Å². The number of carbonyl (C=O) groups is 1. The average molecular weight is 237 g/mol. The third-order valence-electron chi connectivity index (χ3n) is 2.40. The van der Waals surface area contributed by atoms with Gasteiger partial charge in [0, 0.05) is 19.8 Å². The van der Waals surface area contributed by atoms with Crippen LogP contribution in [0.2, 0.25) is 0 Å². The van der Waals surface area contributed by atoms with E-state index in [1.165, 1.54) is 0 Å². The topological polar surface area (TPSA) is 65.5 Å². The Morgan fingerprint density at radius 1 is 1.59 bits per heavy atom. The molecule has 0 fully saturated rings. The van der Waals surface area contributed by atoms with Gasteiger partial charge in [0.2, 0.25) is 5.91 Å². The van der Waals surface area contributed by atoms with Crippen molar-refractivity contribution < 1.29 is 9.90 Å². The number of amides is 1. The Morgan fingerprint density at radius 2 is 2.29 bits per heavy atom. The maximum Gasteiger partial charge on any atom is 0.239 e. The number of nitrogens with one attached hydrogen (secondary N) is 1. The van der Waals surface area contributed by atoms with Crippen LogP contribution < -0.4 is 10.2 Å². The van der Waals surface area contributed by atoms with E-state index in [4.69, 9.17) is 0 Å². The van der Waals surface area contributed by atoms with Crippen LogP contribution in [0.1, 0.15) is 25.5 Å². The maximum atomic E-state index is 11.4. The number of rotatable bonds is 5. The van der Waals surface area contributed by atoms with Crippen LogP contribution in [0, 0.1) is 0 Å². The Morgan fingerprint density at radius 3 is 2.76 bits per heavy atom. The van der Waals surface area contributed by atoms with Crippen LogP contribution in [0.25, 0.3) is 0 Å². The Balaban J connectivity index is 2.63. The summed E-state index contributed by atoms with van der Waals surface area (Å²) in [5.41, 5.74) is 0.764. The summed E-state index contributed by atoms with van der Waals surface area (Å²) < 4.78 is 0. The van der Waals surface area contributed by atoms with Crippen molar-refractivity contribution in [2.45, 2.75) is 20.0 Å². The summed E-state index contributed by atoms with van der Waals surface area (Å²) in [7, 11) is 1.81. The Bertz CT molecular complexity index is 363. The van der Waals surface area contributed by atoms with Gasteiger partial charge >= 0.3 is 0 Å². The minimum atomic E-state index is -0.523. The molecule has 5 nitrogen and oxygen atoms in total. The molecule has 1 unspecified atom stereocenters. The number of aliphatic hydroxyl groups is 1. The minimum absolute atomic E-state index is 0.0311. The number of aromatic nitrogens is 1. The molecule has 0 bridgehead atoms. The first-order chi connectivity index (χ1) is 8.04. The van der Waals surface area contributed by atoms with Crippen LogP contribution in [-0.2, 0) is 4.79 Å². The summed E-state index contributed by atoms with van der Waals surface area (Å²) in [6.45, 7) is 4.47. The van der Waals surface area contributed by atoms with Gasteiger partial charge in [-0.25, -0.2) is 4.98 Å². The monoisotopic (exact) mass is 237 g/mol. The van der Waals surface area contributed by atoms with Gasteiger partial charge in [-0.15, -0.1) is 0 Å². The van der Waals surface area contributed by atoms with Crippen molar-refractivity contribution in [2.75, 3.05) is 25.0 Å². The van der Waals surface area contributed by atoms with E-state index in [1.54, 1.807) is 37.2 Å². The molecule has 1 rings (SSSR count). The van der Waals surface area contributed by atoms with Gasteiger partial charge in [0.15, 0.2) is 0 Å². The highest BCUT2D eigenvalue weighted by molar-refractivity contribution is 5.80. The van der Waals surface area contributed by atoms with E-state index in [0.717, 1.165) is 5.56 Å². The molecule has 0 aliphatic carbocycles. The highest BCUT2D eigenvalue weighted by atomic mass is 16.3. The van der Waals surface area contributed by atoms with Crippen molar-refractivity contribution in [3.63, 3.8) is 0 Å². The predicted octanol–water partition coefficient (Wildman–Crippen LogP) is 0.707. The number of aliphatic hydroxyl groups excluding tert-OH is 1. The van der Waals surface area contributed by atoms with Crippen LogP contribution >= 0.6 is 0 Å². The Kier molecular flexibility index (Phi) is 4.90. The van der Waals surface area contributed by atoms with Gasteiger partial charge < -0.3 is 15.3 Å². The number of pyridine rings is 1. The minimum Gasteiger partial charge on any atom is -0.389 e. The number of hydrogen-bond acceptors (Lipinski definition) is 4. The number of carbonyl (C=O) groups excluding carboxylic acids is 1. The average Bonchev–Trinajstić information content (AvgIpc) is 2.29. The lowest BCUT2D eigenvalue weighted by Gasteiger charge is -2.17. The molecule has 1 aromatic heterocycles. The summed E-state index contributed by atoms with van der Waals surface area (Å²) >= 11 is 0. The van der Waals surface area contributed by atoms with E-state index in [9.17, 15) is 9.90 Å². The van der Waals surface area contributed by atoms with E-state index in [0.29, 0.717) is 12.4 Å². The molecule has 1 atom stereocenters. The van der Waals surface area contributed by atoms with Crippen molar-refractivity contribution in [1.29, 1.82) is 0 Å². The first kappa shape index (κ1) is 13.4. The molecule has 17 heavy (non-hydrogen) atoms. The lowest BCUT2D eigenvalue weighted by atomic mass is 10.2. The van der Waals surface area contributed by atoms with Crippen LogP contribution in [0.3, 0.4) is 0 Å². The zero-order valence-corrected chi connectivity index (χ0v) is 10.5. The second-order valence-corrected chi connectivity index (χ2v) is 3.94. The van der Waals surface area contributed by atoms with Gasteiger partial charge in [-0.1, -0.05) is 6.07 Å². The molecule has 0 aromatic carbocycles. The van der Waals surface area contributed by atoms with E-state index in [1.807, 2.05) is 6.92 Å². The molecule has 2 N–H and O–H groups in total. The zero-order chi connectivity index (χ0) is 12.8. The normalized spacial score (nSPS) is 12.0. The van der Waals surface area contributed by atoms with Crippen LogP contribution in [0.5, 0.6) is 0 Å². The number of hydrogen-bond donors (Lipinski definition) is 2. The molecular weight excluding hydrogens is 218 g/mol. The van der Waals surface area contributed by atoms with Gasteiger partial charge in [0.25, 0.3) is 0 Å². The van der Waals surface area contributed by atoms with Gasteiger partial charge in [0.05, 0.1) is 12.6 Å². The standard InChI is InChI=1S/C12H19N3O2/c1-4-13-12(17)8-15(3)11-6-5-10(7-14-11)9(2)16/h5-7,9,16H,4,8H2,1-3H3,(H,13,17). The summed E-state index contributed by atoms with van der Waals surface area (Å²) in [5.74, 6) is 0.678. The molecule has 0 aliphatic heterocycles. The first-order valence-corrected chi connectivity index (χ1v) is 5.66. The molecular formula is C12H19N3O2. The number of likely N-dealkylation sites (N-methyl/N-ethyl adjacent to an activating group) is 2. The summed E-state index contributed by atoms with van der Waals surface area (Å²) in [4.78, 5) is 17.3.